The molecule has 6 nitrogen and oxygen atoms in total. The number of nitrogens with zero attached hydrogens (tertiary/aromatic N) is 3. The molecule has 0 radical (unpaired) electrons. The van der Waals surface area contributed by atoms with E-state index in [-0.39, 0.29) is 0 Å². The lowest BCUT2D eigenvalue weighted by Gasteiger charge is -2.20. The third-order valence-corrected chi connectivity index (χ3v) is 3.64. The molecule has 0 fully saturated rings. The van der Waals surface area contributed by atoms with Gasteiger partial charge in [-0.25, -0.2) is 15.8 Å². The van der Waals surface area contributed by atoms with E-state index in [1.165, 1.54) is 6.42 Å². The molecule has 1 aromatic heterocycles. The number of rotatable bonds is 10. The summed E-state index contributed by atoms with van der Waals surface area (Å²) in [5.41, 5.74) is 2.59. The Labute approximate surface area is 128 Å². The minimum absolute atomic E-state index is 0.380. The molecular weight excluding hydrogens is 264 g/mol. The number of aryl methyl sites for hydroxylation is 1. The normalized spacial score (nSPS) is 12.5. The summed E-state index contributed by atoms with van der Waals surface area (Å²) >= 11 is 0. The minimum Gasteiger partial charge on any atom is -0.367 e. The standard InChI is InChI=1S/C15H30N6/c1-5-13-18-14(11-15(19-13)20-16)17-12(4)9-8-10-21(6-2)7-3/h11-12H,5-10,16H2,1-4H3,(H2,17,18,19,20). The van der Waals surface area contributed by atoms with E-state index < -0.39 is 0 Å². The van der Waals surface area contributed by atoms with Crippen LogP contribution in [0.3, 0.4) is 0 Å². The number of anilines is 2. The first-order valence-electron chi connectivity index (χ1n) is 7.96. The van der Waals surface area contributed by atoms with E-state index in [4.69, 9.17) is 5.84 Å². The molecule has 0 amide bonds. The van der Waals surface area contributed by atoms with E-state index in [2.05, 4.69) is 46.4 Å². The molecule has 6 heteroatoms. The summed E-state index contributed by atoms with van der Waals surface area (Å²) < 4.78 is 0. The number of hydrogen-bond donors (Lipinski definition) is 3. The largest absolute Gasteiger partial charge is 0.367 e. The van der Waals surface area contributed by atoms with Gasteiger partial charge in [-0.3, -0.25) is 0 Å². The molecule has 120 valence electrons. The first-order valence-corrected chi connectivity index (χ1v) is 7.96. The van der Waals surface area contributed by atoms with Crippen molar-refractivity contribution in [2.75, 3.05) is 30.4 Å². The monoisotopic (exact) mass is 294 g/mol. The van der Waals surface area contributed by atoms with Gasteiger partial charge in [-0.1, -0.05) is 20.8 Å². The van der Waals surface area contributed by atoms with Crippen LogP contribution in [0.15, 0.2) is 6.07 Å². The zero-order valence-electron chi connectivity index (χ0n) is 13.8. The minimum atomic E-state index is 0.380. The topological polar surface area (TPSA) is 79.1 Å². The molecule has 21 heavy (non-hydrogen) atoms. The molecule has 0 saturated heterocycles. The van der Waals surface area contributed by atoms with Crippen molar-refractivity contribution in [1.82, 2.24) is 14.9 Å². The summed E-state index contributed by atoms with van der Waals surface area (Å²) in [7, 11) is 0. The summed E-state index contributed by atoms with van der Waals surface area (Å²) in [4.78, 5) is 11.2. The van der Waals surface area contributed by atoms with E-state index >= 15 is 0 Å². The molecule has 1 aromatic rings. The van der Waals surface area contributed by atoms with Gasteiger partial charge in [0.25, 0.3) is 0 Å². The number of hydrogen-bond acceptors (Lipinski definition) is 6. The van der Waals surface area contributed by atoms with Crippen molar-refractivity contribution in [2.24, 2.45) is 5.84 Å². The van der Waals surface area contributed by atoms with Gasteiger partial charge in [0.15, 0.2) is 0 Å². The molecule has 0 aromatic carbocycles. The smallest absolute Gasteiger partial charge is 0.145 e. The fraction of sp³-hybridized carbons (Fsp3) is 0.733. The first-order chi connectivity index (χ1) is 10.1. The highest BCUT2D eigenvalue weighted by Gasteiger charge is 2.07. The molecule has 1 heterocycles. The van der Waals surface area contributed by atoms with Crippen LogP contribution < -0.4 is 16.6 Å². The predicted octanol–water partition coefficient (Wildman–Crippen LogP) is 2.25. The fourth-order valence-corrected chi connectivity index (χ4v) is 2.29. The van der Waals surface area contributed by atoms with Crippen LogP contribution in [0.1, 0.15) is 46.4 Å². The molecule has 1 atom stereocenters. The molecule has 0 aliphatic carbocycles. The average molecular weight is 294 g/mol. The van der Waals surface area contributed by atoms with Crippen LogP contribution in [0, 0.1) is 0 Å². The third-order valence-electron chi connectivity index (χ3n) is 3.64. The Morgan fingerprint density at radius 3 is 2.43 bits per heavy atom. The molecule has 0 bridgehead atoms. The molecular formula is C15H30N6. The second-order valence-corrected chi connectivity index (χ2v) is 5.27. The lowest BCUT2D eigenvalue weighted by atomic mass is 10.1. The highest BCUT2D eigenvalue weighted by Crippen LogP contribution is 2.13. The van der Waals surface area contributed by atoms with Gasteiger partial charge in [-0.05, 0) is 39.4 Å². The number of nitrogens with two attached hydrogens (primary N) is 1. The third kappa shape index (κ3) is 6.27. The SMILES string of the molecule is CCc1nc(NN)cc(NC(C)CCCN(CC)CC)n1. The van der Waals surface area contributed by atoms with Gasteiger partial charge in [-0.2, -0.15) is 0 Å². The maximum absolute atomic E-state index is 5.44. The van der Waals surface area contributed by atoms with Crippen LogP contribution in [0.5, 0.6) is 0 Å². The summed E-state index contributed by atoms with van der Waals surface area (Å²) in [5, 5.41) is 3.44. The van der Waals surface area contributed by atoms with Crippen LogP contribution in [0.25, 0.3) is 0 Å². The predicted molar refractivity (Wildman–Crippen MR) is 89.3 cm³/mol. The van der Waals surface area contributed by atoms with Gasteiger partial charge >= 0.3 is 0 Å². The van der Waals surface area contributed by atoms with Crippen LogP contribution >= 0.6 is 0 Å². The zero-order chi connectivity index (χ0) is 15.7. The Morgan fingerprint density at radius 1 is 1.19 bits per heavy atom. The van der Waals surface area contributed by atoms with Crippen LogP contribution in [-0.4, -0.2) is 40.5 Å². The number of nitrogen functional groups attached to an aromatic ring is 1. The quantitative estimate of drug-likeness (QED) is 0.454. The second kappa shape index (κ2) is 9.52. The summed E-state index contributed by atoms with van der Waals surface area (Å²) in [6.07, 6.45) is 3.09. The maximum atomic E-state index is 5.44. The first kappa shape index (κ1) is 17.7. The lowest BCUT2D eigenvalue weighted by molar-refractivity contribution is 0.295. The Hall–Kier alpha value is -1.40. The van der Waals surface area contributed by atoms with Crippen molar-refractivity contribution in [3.05, 3.63) is 11.9 Å². The van der Waals surface area contributed by atoms with Crippen LogP contribution in [-0.2, 0) is 6.42 Å². The fourth-order valence-electron chi connectivity index (χ4n) is 2.29. The molecule has 0 saturated carbocycles. The van der Waals surface area contributed by atoms with Crippen molar-refractivity contribution in [3.8, 4) is 0 Å². The second-order valence-electron chi connectivity index (χ2n) is 5.27. The van der Waals surface area contributed by atoms with Gasteiger partial charge in [-0.15, -0.1) is 0 Å². The molecule has 1 rings (SSSR count). The molecule has 4 N–H and O–H groups in total. The maximum Gasteiger partial charge on any atom is 0.145 e. The van der Waals surface area contributed by atoms with Crippen molar-refractivity contribution < 1.29 is 0 Å². The van der Waals surface area contributed by atoms with Gasteiger partial charge in [0, 0.05) is 18.5 Å². The Morgan fingerprint density at radius 2 is 1.86 bits per heavy atom. The Balaban J connectivity index is 2.48. The van der Waals surface area contributed by atoms with E-state index in [0.29, 0.717) is 11.9 Å². The molecule has 0 spiro atoms. The lowest BCUT2D eigenvalue weighted by Crippen LogP contribution is -2.26. The number of nitrogens with one attached hydrogen (secondary N) is 2. The van der Waals surface area contributed by atoms with E-state index in [0.717, 1.165) is 44.1 Å². The Kier molecular flexibility index (Phi) is 8.00. The van der Waals surface area contributed by atoms with Crippen molar-refractivity contribution in [3.63, 3.8) is 0 Å². The van der Waals surface area contributed by atoms with E-state index in [1.54, 1.807) is 0 Å². The van der Waals surface area contributed by atoms with E-state index in [1.807, 2.05) is 13.0 Å². The van der Waals surface area contributed by atoms with Crippen molar-refractivity contribution >= 4 is 11.6 Å². The summed E-state index contributed by atoms with van der Waals surface area (Å²) in [5.74, 6) is 7.73. The summed E-state index contributed by atoms with van der Waals surface area (Å²) in [6.45, 7) is 12.0. The zero-order valence-corrected chi connectivity index (χ0v) is 13.8. The molecule has 1 unspecified atom stereocenters. The molecule has 0 aliphatic rings. The van der Waals surface area contributed by atoms with E-state index in [9.17, 15) is 0 Å². The van der Waals surface area contributed by atoms with Crippen molar-refractivity contribution in [1.29, 1.82) is 0 Å². The van der Waals surface area contributed by atoms with Crippen LogP contribution in [0.4, 0.5) is 11.6 Å². The van der Waals surface area contributed by atoms with Gasteiger partial charge in [0.1, 0.15) is 17.5 Å². The highest BCUT2D eigenvalue weighted by atomic mass is 15.3. The van der Waals surface area contributed by atoms with Gasteiger partial charge < -0.3 is 15.6 Å². The highest BCUT2D eigenvalue weighted by molar-refractivity contribution is 5.47. The number of aromatic nitrogens is 2. The number of hydrazine groups is 1. The molecule has 0 aliphatic heterocycles. The van der Waals surface area contributed by atoms with Crippen LogP contribution in [0.2, 0.25) is 0 Å². The summed E-state index contributed by atoms with van der Waals surface area (Å²) in [6, 6.07) is 2.23. The van der Waals surface area contributed by atoms with Gasteiger partial charge in [0.05, 0.1) is 0 Å². The Bertz CT molecular complexity index is 383. The average Bonchev–Trinajstić information content (AvgIpc) is 2.51. The van der Waals surface area contributed by atoms with Crippen molar-refractivity contribution in [2.45, 2.75) is 53.0 Å². The van der Waals surface area contributed by atoms with Gasteiger partial charge in [0.2, 0.25) is 0 Å².